The highest BCUT2D eigenvalue weighted by molar-refractivity contribution is 6.46. The first-order valence-corrected chi connectivity index (χ1v) is 13.9. The molecule has 5 rings (SSSR count). The van der Waals surface area contributed by atoms with Gasteiger partial charge in [0.05, 0.1) is 29.8 Å². The maximum atomic E-state index is 13.4. The number of likely N-dealkylation sites (tertiary alicyclic amines) is 1. The Morgan fingerprint density at radius 1 is 1.02 bits per heavy atom. The van der Waals surface area contributed by atoms with Gasteiger partial charge in [0, 0.05) is 43.9 Å². The van der Waals surface area contributed by atoms with Gasteiger partial charge in [-0.2, -0.15) is 0 Å². The number of nitro groups is 1. The lowest BCUT2D eigenvalue weighted by Gasteiger charge is -2.29. The van der Waals surface area contributed by atoms with E-state index in [1.54, 1.807) is 25.1 Å². The van der Waals surface area contributed by atoms with Crippen LogP contribution in [-0.4, -0.2) is 70.9 Å². The molecule has 10 heteroatoms. The minimum Gasteiger partial charge on any atom is -0.507 e. The van der Waals surface area contributed by atoms with Crippen LogP contribution in [0.15, 0.2) is 78.4 Å². The third kappa shape index (κ3) is 6.35. The summed E-state index contributed by atoms with van der Waals surface area (Å²) in [7, 11) is 0. The molecule has 0 bridgehead atoms. The average molecular weight is 572 g/mol. The summed E-state index contributed by atoms with van der Waals surface area (Å²) in [6, 6.07) is 19.7. The number of nitrogens with zero attached hydrogens (tertiary/aromatic N) is 3. The fourth-order valence-corrected chi connectivity index (χ4v) is 5.40. The highest BCUT2D eigenvalue weighted by Crippen LogP contribution is 2.40. The molecule has 0 radical (unpaired) electrons. The molecule has 3 aromatic rings. The van der Waals surface area contributed by atoms with E-state index in [0.717, 1.165) is 25.2 Å². The number of benzene rings is 3. The quantitative estimate of drug-likeness (QED) is 0.123. The molecule has 42 heavy (non-hydrogen) atoms. The van der Waals surface area contributed by atoms with Gasteiger partial charge in [-0.25, -0.2) is 0 Å². The summed E-state index contributed by atoms with van der Waals surface area (Å²) < 4.78 is 11.3. The number of rotatable bonds is 10. The third-order valence-electron chi connectivity index (χ3n) is 7.64. The van der Waals surface area contributed by atoms with Gasteiger partial charge in [-0.05, 0) is 60.4 Å². The number of Topliss-reactive ketones (excluding diaryl/α,β-unsaturated/α-hetero) is 1. The van der Waals surface area contributed by atoms with Crippen molar-refractivity contribution in [3.8, 4) is 5.75 Å². The normalized spacial score (nSPS) is 18.8. The monoisotopic (exact) mass is 571 g/mol. The van der Waals surface area contributed by atoms with Gasteiger partial charge in [0.25, 0.3) is 17.4 Å². The zero-order chi connectivity index (χ0) is 29.6. The Balaban J connectivity index is 1.44. The van der Waals surface area contributed by atoms with E-state index >= 15 is 0 Å². The average Bonchev–Trinajstić information content (AvgIpc) is 3.26. The van der Waals surface area contributed by atoms with Gasteiger partial charge in [0.1, 0.15) is 18.1 Å². The molecule has 1 atom stereocenters. The van der Waals surface area contributed by atoms with Gasteiger partial charge >= 0.3 is 0 Å². The minimum atomic E-state index is -0.885. The Bertz CT molecular complexity index is 1480. The first kappa shape index (κ1) is 29.0. The molecule has 218 valence electrons. The van der Waals surface area contributed by atoms with Crippen LogP contribution in [0.4, 0.5) is 5.69 Å². The summed E-state index contributed by atoms with van der Waals surface area (Å²) in [4.78, 5) is 41.2. The zero-order valence-electron chi connectivity index (χ0n) is 23.4. The van der Waals surface area contributed by atoms with Crippen molar-refractivity contribution >= 4 is 23.1 Å². The van der Waals surface area contributed by atoms with E-state index in [4.69, 9.17) is 9.47 Å². The van der Waals surface area contributed by atoms with Crippen molar-refractivity contribution in [1.29, 1.82) is 0 Å². The summed E-state index contributed by atoms with van der Waals surface area (Å²) in [5.74, 6) is -1.18. The number of aliphatic hydroxyl groups excluding tert-OH is 1. The van der Waals surface area contributed by atoms with Crippen molar-refractivity contribution in [3.05, 3.63) is 111 Å². The standard InChI is InChI=1S/C32H33N3O7/c1-22-20-26(42-21-23-6-3-2-4-7-23)12-13-27(22)30(36)28-29(24-8-10-25(11-9-24)35(39)40)34(32(38)31(28)37)15-5-14-33-16-18-41-19-17-33/h2-4,6-13,20,29,36H,5,14-19,21H2,1H3/t29-/m1/s1. The highest BCUT2D eigenvalue weighted by Gasteiger charge is 2.46. The second-order valence-corrected chi connectivity index (χ2v) is 10.4. The van der Waals surface area contributed by atoms with E-state index in [9.17, 15) is 24.8 Å². The number of ether oxygens (including phenoxy) is 2. The van der Waals surface area contributed by atoms with E-state index in [0.29, 0.717) is 48.7 Å². The van der Waals surface area contributed by atoms with Crippen LogP contribution in [0, 0.1) is 17.0 Å². The fraction of sp³-hybridized carbons (Fsp3) is 0.312. The number of carbonyl (C=O) groups is 2. The molecule has 0 aromatic heterocycles. The number of nitro benzene ring substituents is 1. The predicted molar refractivity (Wildman–Crippen MR) is 156 cm³/mol. The first-order valence-electron chi connectivity index (χ1n) is 13.9. The second kappa shape index (κ2) is 13.0. The molecule has 2 heterocycles. The van der Waals surface area contributed by atoms with Crippen LogP contribution >= 0.6 is 0 Å². The minimum absolute atomic E-state index is 0.0405. The van der Waals surface area contributed by atoms with Crippen LogP contribution in [0.5, 0.6) is 5.75 Å². The first-order chi connectivity index (χ1) is 20.3. The Hall–Kier alpha value is -4.54. The Labute approximate surface area is 243 Å². The summed E-state index contributed by atoms with van der Waals surface area (Å²) in [6.45, 7) is 6.09. The molecule has 2 saturated heterocycles. The number of hydrogen-bond acceptors (Lipinski definition) is 8. The largest absolute Gasteiger partial charge is 0.507 e. The van der Waals surface area contributed by atoms with Gasteiger partial charge in [0.2, 0.25) is 0 Å². The molecule has 0 spiro atoms. The van der Waals surface area contributed by atoms with E-state index in [1.165, 1.54) is 29.2 Å². The number of hydrogen-bond donors (Lipinski definition) is 1. The lowest BCUT2D eigenvalue weighted by Crippen LogP contribution is -2.38. The number of carbonyl (C=O) groups excluding carboxylic acids is 2. The molecule has 2 aliphatic heterocycles. The zero-order valence-corrected chi connectivity index (χ0v) is 23.4. The molecule has 0 saturated carbocycles. The molecule has 1 N–H and O–H groups in total. The predicted octanol–water partition coefficient (Wildman–Crippen LogP) is 4.63. The van der Waals surface area contributed by atoms with Crippen LogP contribution < -0.4 is 4.74 Å². The van der Waals surface area contributed by atoms with Gasteiger partial charge in [-0.1, -0.05) is 30.3 Å². The van der Waals surface area contributed by atoms with Crippen molar-refractivity contribution in [1.82, 2.24) is 9.80 Å². The van der Waals surface area contributed by atoms with Gasteiger partial charge < -0.3 is 19.5 Å². The molecule has 1 amide bonds. The Morgan fingerprint density at radius 2 is 1.74 bits per heavy atom. The van der Waals surface area contributed by atoms with E-state index < -0.39 is 22.7 Å². The third-order valence-corrected chi connectivity index (χ3v) is 7.64. The van der Waals surface area contributed by atoms with Crippen molar-refractivity contribution < 1.29 is 29.1 Å². The van der Waals surface area contributed by atoms with Crippen LogP contribution in [0.25, 0.3) is 5.76 Å². The van der Waals surface area contributed by atoms with Crippen LogP contribution in [0.3, 0.4) is 0 Å². The number of ketones is 1. The van der Waals surface area contributed by atoms with E-state index in [1.807, 2.05) is 30.3 Å². The van der Waals surface area contributed by atoms with E-state index in [-0.39, 0.29) is 23.6 Å². The Kier molecular flexibility index (Phi) is 8.94. The smallest absolute Gasteiger partial charge is 0.295 e. The summed E-state index contributed by atoms with van der Waals surface area (Å²) >= 11 is 0. The number of aryl methyl sites for hydroxylation is 1. The summed E-state index contributed by atoms with van der Waals surface area (Å²) in [5, 5.41) is 22.8. The molecule has 0 unspecified atom stereocenters. The van der Waals surface area contributed by atoms with E-state index in [2.05, 4.69) is 4.90 Å². The topological polar surface area (TPSA) is 122 Å². The van der Waals surface area contributed by atoms with Crippen molar-refractivity contribution in [2.24, 2.45) is 0 Å². The number of morpholine rings is 1. The Morgan fingerprint density at radius 3 is 2.40 bits per heavy atom. The van der Waals surface area contributed by atoms with Gasteiger partial charge in [0.15, 0.2) is 0 Å². The van der Waals surface area contributed by atoms with Crippen molar-refractivity contribution in [2.75, 3.05) is 39.4 Å². The molecule has 2 fully saturated rings. The molecule has 0 aliphatic carbocycles. The summed E-state index contributed by atoms with van der Waals surface area (Å²) in [6.07, 6.45) is 0.614. The number of aliphatic hydroxyl groups is 1. The van der Waals surface area contributed by atoms with Crippen molar-refractivity contribution in [2.45, 2.75) is 26.0 Å². The van der Waals surface area contributed by atoms with Crippen LogP contribution in [0.1, 0.15) is 34.7 Å². The molecular weight excluding hydrogens is 538 g/mol. The summed E-state index contributed by atoms with van der Waals surface area (Å²) in [5.41, 5.74) is 2.44. The maximum Gasteiger partial charge on any atom is 0.295 e. The molecular formula is C32H33N3O7. The fourth-order valence-electron chi connectivity index (χ4n) is 5.40. The molecule has 3 aromatic carbocycles. The van der Waals surface area contributed by atoms with Gasteiger partial charge in [-0.3, -0.25) is 24.6 Å². The van der Waals surface area contributed by atoms with Gasteiger partial charge in [-0.15, -0.1) is 0 Å². The molecule has 10 nitrogen and oxygen atoms in total. The van der Waals surface area contributed by atoms with Crippen LogP contribution in [-0.2, 0) is 20.9 Å². The lowest BCUT2D eigenvalue weighted by atomic mass is 9.93. The molecule has 2 aliphatic rings. The lowest BCUT2D eigenvalue weighted by molar-refractivity contribution is -0.384. The van der Waals surface area contributed by atoms with Crippen molar-refractivity contribution in [3.63, 3.8) is 0 Å². The second-order valence-electron chi connectivity index (χ2n) is 10.4. The SMILES string of the molecule is Cc1cc(OCc2ccccc2)ccc1C(O)=C1C(=O)C(=O)N(CCCN2CCOCC2)[C@@H]1c1ccc([N+](=O)[O-])cc1. The van der Waals surface area contributed by atoms with Crippen LogP contribution in [0.2, 0.25) is 0 Å². The maximum absolute atomic E-state index is 13.4. The number of non-ortho nitro benzene ring substituents is 1. The number of amides is 1. The highest BCUT2D eigenvalue weighted by atomic mass is 16.6.